The van der Waals surface area contributed by atoms with E-state index in [1.807, 2.05) is 13.8 Å². The highest BCUT2D eigenvalue weighted by atomic mass is 15.1. The highest BCUT2D eigenvalue weighted by Crippen LogP contribution is 2.33. The minimum Gasteiger partial charge on any atom is -0.344 e. The van der Waals surface area contributed by atoms with Crippen LogP contribution in [0.3, 0.4) is 0 Å². The number of rotatable bonds is 3. The second-order valence-electron chi connectivity index (χ2n) is 5.28. The number of hydrogen-bond acceptors (Lipinski definition) is 1. The lowest BCUT2D eigenvalue weighted by molar-refractivity contribution is 1.21. The molecule has 0 amide bonds. The largest absolute Gasteiger partial charge is 0.344 e. The van der Waals surface area contributed by atoms with Gasteiger partial charge in [0.1, 0.15) is 0 Å². The van der Waals surface area contributed by atoms with Gasteiger partial charge in [0.2, 0.25) is 0 Å². The van der Waals surface area contributed by atoms with Crippen LogP contribution in [0.25, 0.3) is 11.1 Å². The molecule has 3 aromatic rings. The van der Waals surface area contributed by atoms with E-state index in [-0.39, 0.29) is 0 Å². The summed E-state index contributed by atoms with van der Waals surface area (Å²) < 4.78 is 0. The molecule has 1 nitrogen and oxygen atoms in total. The lowest BCUT2D eigenvalue weighted by Crippen LogP contribution is -2.10. The molecule has 0 heterocycles. The average Bonchev–Trinajstić information content (AvgIpc) is 2.64. The van der Waals surface area contributed by atoms with E-state index in [2.05, 4.69) is 97.7 Å². The molecule has 0 bridgehead atoms. The monoisotopic (exact) mass is 303 g/mol. The van der Waals surface area contributed by atoms with Crippen molar-refractivity contribution in [3.8, 4) is 11.1 Å². The van der Waals surface area contributed by atoms with Gasteiger partial charge in [0.05, 0.1) is 0 Å². The van der Waals surface area contributed by atoms with E-state index < -0.39 is 0 Å². The fourth-order valence-corrected chi connectivity index (χ4v) is 2.54. The van der Waals surface area contributed by atoms with Crippen molar-refractivity contribution < 1.29 is 0 Å². The van der Waals surface area contributed by atoms with Crippen molar-refractivity contribution in [2.24, 2.45) is 0 Å². The molecule has 0 N–H and O–H groups in total. The first-order valence-corrected chi connectivity index (χ1v) is 8.20. The number of nitrogens with zero attached hydrogens (tertiary/aromatic N) is 1. The second-order valence-corrected chi connectivity index (χ2v) is 5.28. The van der Waals surface area contributed by atoms with E-state index in [9.17, 15) is 0 Å². The van der Waals surface area contributed by atoms with E-state index in [0.29, 0.717) is 0 Å². The quantitative estimate of drug-likeness (QED) is 0.537. The average molecular weight is 303 g/mol. The Bertz CT molecular complexity index is 714. The van der Waals surface area contributed by atoms with Gasteiger partial charge >= 0.3 is 0 Å². The standard InChI is InChI=1S/C20H19N.C2H6/c1-16-12-14-18(15-13-16)21(2)20-11-7-6-10-19(20)17-8-4-3-5-9-17;1-2/h3-15H,1-2H3;1-2H3. The summed E-state index contributed by atoms with van der Waals surface area (Å²) >= 11 is 0. The molecule has 3 rings (SSSR count). The number of aryl methyl sites for hydroxylation is 1. The van der Waals surface area contributed by atoms with Gasteiger partial charge in [-0.15, -0.1) is 0 Å². The molecule has 0 fully saturated rings. The molecule has 0 saturated carbocycles. The number of hydrogen-bond donors (Lipinski definition) is 0. The van der Waals surface area contributed by atoms with Crippen molar-refractivity contribution in [1.82, 2.24) is 0 Å². The van der Waals surface area contributed by atoms with Crippen molar-refractivity contribution in [3.05, 3.63) is 84.4 Å². The molecule has 0 aliphatic rings. The predicted molar refractivity (Wildman–Crippen MR) is 102 cm³/mol. The molecule has 118 valence electrons. The topological polar surface area (TPSA) is 3.24 Å². The maximum Gasteiger partial charge on any atom is 0.0487 e. The first-order valence-electron chi connectivity index (χ1n) is 8.20. The summed E-state index contributed by atoms with van der Waals surface area (Å²) in [6.07, 6.45) is 0. The minimum absolute atomic E-state index is 1.20. The van der Waals surface area contributed by atoms with Crippen LogP contribution in [-0.2, 0) is 0 Å². The third-order valence-electron chi connectivity index (χ3n) is 3.77. The van der Waals surface area contributed by atoms with Crippen LogP contribution in [0.2, 0.25) is 0 Å². The Hall–Kier alpha value is -2.54. The molecule has 0 spiro atoms. The van der Waals surface area contributed by atoms with Crippen molar-refractivity contribution >= 4 is 11.4 Å². The van der Waals surface area contributed by atoms with Crippen LogP contribution in [0.1, 0.15) is 19.4 Å². The molecule has 0 aromatic heterocycles. The summed E-state index contributed by atoms with van der Waals surface area (Å²) in [5, 5.41) is 0. The fourth-order valence-electron chi connectivity index (χ4n) is 2.54. The SMILES string of the molecule is CC.Cc1ccc(N(C)c2ccccc2-c2ccccc2)cc1. The molecule has 0 saturated heterocycles. The third kappa shape index (κ3) is 4.01. The van der Waals surface area contributed by atoms with Gasteiger partial charge in [-0.1, -0.05) is 80.1 Å². The van der Waals surface area contributed by atoms with Crippen molar-refractivity contribution in [1.29, 1.82) is 0 Å². The van der Waals surface area contributed by atoms with Crippen molar-refractivity contribution in [2.45, 2.75) is 20.8 Å². The van der Waals surface area contributed by atoms with E-state index in [4.69, 9.17) is 0 Å². The molecule has 0 unspecified atom stereocenters. The fraction of sp³-hybridized carbons (Fsp3) is 0.182. The van der Waals surface area contributed by atoms with E-state index >= 15 is 0 Å². The van der Waals surface area contributed by atoms with Gasteiger partial charge in [0, 0.05) is 24.0 Å². The Morgan fingerprint density at radius 3 is 1.87 bits per heavy atom. The van der Waals surface area contributed by atoms with Crippen LogP contribution in [0.4, 0.5) is 11.4 Å². The first-order chi connectivity index (χ1) is 11.3. The zero-order valence-electron chi connectivity index (χ0n) is 14.5. The van der Waals surface area contributed by atoms with Crippen molar-refractivity contribution in [3.63, 3.8) is 0 Å². The maximum atomic E-state index is 2.24. The molecular weight excluding hydrogens is 278 g/mol. The summed E-state index contributed by atoms with van der Waals surface area (Å²) in [6, 6.07) is 27.7. The van der Waals surface area contributed by atoms with Gasteiger partial charge in [-0.3, -0.25) is 0 Å². The molecule has 1 heteroatoms. The zero-order valence-corrected chi connectivity index (χ0v) is 14.5. The molecule has 0 atom stereocenters. The highest BCUT2D eigenvalue weighted by Gasteiger charge is 2.09. The number of benzene rings is 3. The molecule has 0 radical (unpaired) electrons. The lowest BCUT2D eigenvalue weighted by Gasteiger charge is -2.23. The van der Waals surface area contributed by atoms with Gasteiger partial charge < -0.3 is 4.90 Å². The highest BCUT2D eigenvalue weighted by molar-refractivity contribution is 5.82. The van der Waals surface area contributed by atoms with Gasteiger partial charge in [-0.25, -0.2) is 0 Å². The maximum absolute atomic E-state index is 2.24. The summed E-state index contributed by atoms with van der Waals surface area (Å²) in [5.74, 6) is 0. The zero-order chi connectivity index (χ0) is 16.7. The summed E-state index contributed by atoms with van der Waals surface area (Å²) in [7, 11) is 2.12. The van der Waals surface area contributed by atoms with Crippen molar-refractivity contribution in [2.75, 3.05) is 11.9 Å². The Kier molecular flexibility index (Phi) is 5.99. The Morgan fingerprint density at radius 1 is 0.652 bits per heavy atom. The Morgan fingerprint density at radius 2 is 1.22 bits per heavy atom. The normalized spacial score (nSPS) is 9.74. The third-order valence-corrected chi connectivity index (χ3v) is 3.77. The molecule has 0 aliphatic heterocycles. The van der Waals surface area contributed by atoms with Crippen LogP contribution in [0.5, 0.6) is 0 Å². The lowest BCUT2D eigenvalue weighted by atomic mass is 10.0. The Balaban J connectivity index is 0.000000924. The van der Waals surface area contributed by atoms with Gasteiger partial charge in [0.25, 0.3) is 0 Å². The first kappa shape index (κ1) is 16.8. The smallest absolute Gasteiger partial charge is 0.0487 e. The van der Waals surface area contributed by atoms with Gasteiger partial charge in [0.15, 0.2) is 0 Å². The predicted octanol–water partition coefficient (Wildman–Crippen LogP) is 6.46. The summed E-state index contributed by atoms with van der Waals surface area (Å²) in [5.41, 5.74) is 6.19. The molecule has 0 aliphatic carbocycles. The molecular formula is C22H25N. The molecule has 3 aromatic carbocycles. The summed E-state index contributed by atoms with van der Waals surface area (Å²) in [6.45, 7) is 6.11. The van der Waals surface area contributed by atoms with Crippen LogP contribution < -0.4 is 4.90 Å². The van der Waals surface area contributed by atoms with Gasteiger partial charge in [-0.2, -0.15) is 0 Å². The Labute approximate surface area is 140 Å². The van der Waals surface area contributed by atoms with E-state index in [1.54, 1.807) is 0 Å². The minimum atomic E-state index is 1.20. The van der Waals surface area contributed by atoms with E-state index in [1.165, 1.54) is 28.1 Å². The number of anilines is 2. The van der Waals surface area contributed by atoms with Crippen LogP contribution in [-0.4, -0.2) is 7.05 Å². The van der Waals surface area contributed by atoms with Gasteiger partial charge in [-0.05, 0) is 30.7 Å². The van der Waals surface area contributed by atoms with Crippen LogP contribution >= 0.6 is 0 Å². The van der Waals surface area contributed by atoms with Crippen LogP contribution in [0.15, 0.2) is 78.9 Å². The molecule has 23 heavy (non-hydrogen) atoms. The number of para-hydroxylation sites is 1. The summed E-state index contributed by atoms with van der Waals surface area (Å²) in [4.78, 5) is 2.24. The second kappa shape index (κ2) is 8.19. The van der Waals surface area contributed by atoms with E-state index in [0.717, 1.165) is 0 Å². The van der Waals surface area contributed by atoms with Crippen LogP contribution in [0, 0.1) is 6.92 Å².